The number of hydrogen-bond donors (Lipinski definition) is 2. The maximum atomic E-state index is 13.7. The van der Waals surface area contributed by atoms with Crippen molar-refractivity contribution in [2.45, 2.75) is 43.1 Å². The average Bonchev–Trinajstić information content (AvgIpc) is 3.65. The standard InChI is InChI=1S/C28H23F2NO7/c1-35-18-6-7-19-20(14-22(36-23(19)13-18)15-3-2-4-16(11-15)25(32)33)31-26(34)27(9-10-27)17-5-8-21-24(12-17)38-28(29,30)37-21/h2-8,11-13,20,22H,9-10,14H2,1H3,(H,31,34)(H,32,33)/t20-,22+/m0/s1. The summed E-state index contributed by atoms with van der Waals surface area (Å²) in [5.41, 5.74) is 1.25. The van der Waals surface area contributed by atoms with Crippen molar-refractivity contribution in [3.8, 4) is 23.0 Å². The van der Waals surface area contributed by atoms with Crippen molar-refractivity contribution in [1.82, 2.24) is 5.32 Å². The van der Waals surface area contributed by atoms with Gasteiger partial charge < -0.3 is 29.4 Å². The van der Waals surface area contributed by atoms with Gasteiger partial charge in [-0.05, 0) is 60.4 Å². The zero-order valence-electron chi connectivity index (χ0n) is 20.2. The van der Waals surface area contributed by atoms with Gasteiger partial charge in [-0.2, -0.15) is 0 Å². The van der Waals surface area contributed by atoms with Crippen LogP contribution in [0.1, 0.15) is 58.5 Å². The molecule has 6 rings (SSSR count). The summed E-state index contributed by atoms with van der Waals surface area (Å²) in [4.78, 5) is 25.2. The molecule has 3 aromatic carbocycles. The van der Waals surface area contributed by atoms with Gasteiger partial charge in [-0.15, -0.1) is 8.78 Å². The van der Waals surface area contributed by atoms with Gasteiger partial charge in [0.05, 0.1) is 24.1 Å². The van der Waals surface area contributed by atoms with Gasteiger partial charge in [-0.1, -0.05) is 18.2 Å². The van der Waals surface area contributed by atoms with E-state index in [2.05, 4.69) is 14.8 Å². The molecule has 196 valence electrons. The van der Waals surface area contributed by atoms with E-state index in [0.29, 0.717) is 41.9 Å². The molecule has 1 saturated carbocycles. The van der Waals surface area contributed by atoms with Gasteiger partial charge in [-0.25, -0.2) is 4.79 Å². The van der Waals surface area contributed by atoms with Crippen LogP contribution in [0.5, 0.6) is 23.0 Å². The second-order valence-corrected chi connectivity index (χ2v) is 9.61. The highest BCUT2D eigenvalue weighted by atomic mass is 19.3. The lowest BCUT2D eigenvalue weighted by Crippen LogP contribution is -2.39. The summed E-state index contributed by atoms with van der Waals surface area (Å²) in [6.45, 7) is 0. The molecule has 1 fully saturated rings. The van der Waals surface area contributed by atoms with E-state index >= 15 is 0 Å². The van der Waals surface area contributed by atoms with E-state index in [9.17, 15) is 23.5 Å². The molecule has 10 heteroatoms. The molecule has 0 aromatic heterocycles. The number of hydrogen-bond acceptors (Lipinski definition) is 6. The summed E-state index contributed by atoms with van der Waals surface area (Å²) >= 11 is 0. The van der Waals surface area contributed by atoms with Crippen LogP contribution in [-0.2, 0) is 10.2 Å². The molecule has 2 aliphatic heterocycles. The largest absolute Gasteiger partial charge is 0.586 e. The molecule has 3 aromatic rings. The fourth-order valence-electron chi connectivity index (χ4n) is 5.10. The van der Waals surface area contributed by atoms with Gasteiger partial charge in [0.25, 0.3) is 0 Å². The molecule has 2 atom stereocenters. The van der Waals surface area contributed by atoms with Gasteiger partial charge >= 0.3 is 12.3 Å². The van der Waals surface area contributed by atoms with Crippen molar-refractivity contribution in [2.24, 2.45) is 0 Å². The smallest absolute Gasteiger partial charge is 0.497 e. The number of alkyl halides is 2. The number of aromatic carboxylic acids is 1. The van der Waals surface area contributed by atoms with Crippen LogP contribution in [-0.4, -0.2) is 30.4 Å². The Balaban J connectivity index is 1.29. The summed E-state index contributed by atoms with van der Waals surface area (Å²) in [6, 6.07) is 15.8. The number of carbonyl (C=O) groups is 2. The zero-order valence-corrected chi connectivity index (χ0v) is 20.2. The number of carboxylic acids is 1. The molecule has 0 radical (unpaired) electrons. The fraction of sp³-hybridized carbons (Fsp3) is 0.286. The van der Waals surface area contributed by atoms with E-state index in [-0.39, 0.29) is 23.0 Å². The van der Waals surface area contributed by atoms with Gasteiger partial charge in [0.1, 0.15) is 17.6 Å². The predicted octanol–water partition coefficient (Wildman–Crippen LogP) is 5.13. The lowest BCUT2D eigenvalue weighted by atomic mass is 9.90. The van der Waals surface area contributed by atoms with Crippen LogP contribution in [0.15, 0.2) is 60.7 Å². The molecule has 0 spiro atoms. The molecule has 1 aliphatic carbocycles. The fourth-order valence-corrected chi connectivity index (χ4v) is 5.10. The molecule has 0 saturated heterocycles. The second-order valence-electron chi connectivity index (χ2n) is 9.61. The lowest BCUT2D eigenvalue weighted by molar-refractivity contribution is -0.286. The molecular formula is C28H23F2NO7. The maximum Gasteiger partial charge on any atom is 0.586 e. The first-order chi connectivity index (χ1) is 18.2. The number of rotatable bonds is 6. The first-order valence-corrected chi connectivity index (χ1v) is 12.1. The molecule has 3 aliphatic rings. The Morgan fingerprint density at radius 1 is 1.00 bits per heavy atom. The second kappa shape index (κ2) is 8.61. The molecule has 8 nitrogen and oxygen atoms in total. The Morgan fingerprint density at radius 3 is 2.53 bits per heavy atom. The van der Waals surface area contributed by atoms with E-state index in [1.807, 2.05) is 6.07 Å². The molecule has 1 amide bonds. The van der Waals surface area contributed by atoms with E-state index in [1.165, 1.54) is 25.3 Å². The van der Waals surface area contributed by atoms with Crippen LogP contribution in [0.25, 0.3) is 0 Å². The number of fused-ring (bicyclic) bond motifs is 2. The third-order valence-corrected chi connectivity index (χ3v) is 7.26. The topological polar surface area (TPSA) is 103 Å². The summed E-state index contributed by atoms with van der Waals surface area (Å²) in [5, 5.41) is 12.6. The molecule has 0 unspecified atom stereocenters. The normalized spacial score (nSPS) is 21.6. The number of benzene rings is 3. The van der Waals surface area contributed by atoms with E-state index in [4.69, 9.17) is 9.47 Å². The van der Waals surface area contributed by atoms with Crippen molar-refractivity contribution in [3.63, 3.8) is 0 Å². The van der Waals surface area contributed by atoms with Gasteiger partial charge in [0.15, 0.2) is 11.5 Å². The van der Waals surface area contributed by atoms with E-state index < -0.39 is 29.8 Å². The van der Waals surface area contributed by atoms with Gasteiger partial charge in [0, 0.05) is 18.1 Å². The minimum Gasteiger partial charge on any atom is -0.497 e. The number of halogens is 2. The number of nitrogens with one attached hydrogen (secondary N) is 1. The van der Waals surface area contributed by atoms with Crippen LogP contribution in [0.3, 0.4) is 0 Å². The monoisotopic (exact) mass is 523 g/mol. The van der Waals surface area contributed by atoms with Gasteiger partial charge in [-0.3, -0.25) is 4.79 Å². The third kappa shape index (κ3) is 4.15. The van der Waals surface area contributed by atoms with E-state index in [0.717, 1.165) is 5.56 Å². The van der Waals surface area contributed by atoms with Crippen molar-refractivity contribution in [2.75, 3.05) is 7.11 Å². The highest BCUT2D eigenvalue weighted by Crippen LogP contribution is 2.53. The van der Waals surface area contributed by atoms with Gasteiger partial charge in [0.2, 0.25) is 5.91 Å². The first kappa shape index (κ1) is 24.0. The summed E-state index contributed by atoms with van der Waals surface area (Å²) in [5.74, 6) is -0.380. The average molecular weight is 523 g/mol. The first-order valence-electron chi connectivity index (χ1n) is 12.1. The van der Waals surface area contributed by atoms with Crippen LogP contribution in [0, 0.1) is 0 Å². The minimum absolute atomic E-state index is 0.0753. The van der Waals surface area contributed by atoms with Crippen LogP contribution < -0.4 is 24.3 Å². The third-order valence-electron chi connectivity index (χ3n) is 7.26. The van der Waals surface area contributed by atoms with Crippen molar-refractivity contribution in [3.05, 3.63) is 82.9 Å². The summed E-state index contributed by atoms with van der Waals surface area (Å²) < 4.78 is 47.7. The molecule has 38 heavy (non-hydrogen) atoms. The SMILES string of the molecule is COc1ccc2c(c1)O[C@@H](c1cccc(C(=O)O)c1)C[C@@H]2NC(=O)C1(c2ccc3c(c2)OC(F)(F)O3)CC1. The van der Waals surface area contributed by atoms with Crippen LogP contribution in [0.4, 0.5) is 8.78 Å². The Morgan fingerprint density at radius 2 is 1.79 bits per heavy atom. The minimum atomic E-state index is -3.74. The molecule has 2 heterocycles. The quantitative estimate of drug-likeness (QED) is 0.462. The summed E-state index contributed by atoms with van der Waals surface area (Å²) in [6.07, 6.45) is -2.80. The molecule has 2 N–H and O–H groups in total. The van der Waals surface area contributed by atoms with Crippen molar-refractivity contribution >= 4 is 11.9 Å². The van der Waals surface area contributed by atoms with Crippen molar-refractivity contribution in [1.29, 1.82) is 0 Å². The number of ether oxygens (including phenoxy) is 4. The highest BCUT2D eigenvalue weighted by Gasteiger charge is 2.53. The molecular weight excluding hydrogens is 500 g/mol. The van der Waals surface area contributed by atoms with Crippen LogP contribution in [0.2, 0.25) is 0 Å². The zero-order chi connectivity index (χ0) is 26.7. The Labute approximate surface area is 216 Å². The Bertz CT molecular complexity index is 1450. The highest BCUT2D eigenvalue weighted by molar-refractivity contribution is 5.92. The number of carbonyl (C=O) groups excluding carboxylic acids is 1. The van der Waals surface area contributed by atoms with Crippen LogP contribution >= 0.6 is 0 Å². The maximum absolute atomic E-state index is 13.7. The predicted molar refractivity (Wildman–Crippen MR) is 129 cm³/mol. The Hall–Kier alpha value is -4.34. The van der Waals surface area contributed by atoms with Crippen molar-refractivity contribution < 1.29 is 42.4 Å². The Kier molecular flexibility index (Phi) is 5.44. The number of amides is 1. The van der Waals surface area contributed by atoms with E-state index in [1.54, 1.807) is 36.4 Å². The molecule has 0 bridgehead atoms. The summed E-state index contributed by atoms with van der Waals surface area (Å²) in [7, 11) is 1.54. The lowest BCUT2D eigenvalue weighted by Gasteiger charge is -2.34. The number of carboxylic acid groups (broad SMARTS) is 1. The number of methoxy groups -OCH3 is 1.